The van der Waals surface area contributed by atoms with E-state index in [9.17, 15) is 18.4 Å². The zero-order valence-corrected chi connectivity index (χ0v) is 11.4. The first-order chi connectivity index (χ1) is 9.47. The highest BCUT2D eigenvalue weighted by Crippen LogP contribution is 2.31. The van der Waals surface area contributed by atoms with Crippen LogP contribution < -0.4 is 0 Å². The van der Waals surface area contributed by atoms with Crippen molar-refractivity contribution in [3.63, 3.8) is 0 Å². The summed E-state index contributed by atoms with van der Waals surface area (Å²) in [6, 6.07) is 3.10. The van der Waals surface area contributed by atoms with E-state index in [1.807, 2.05) is 0 Å². The highest BCUT2D eigenvalue weighted by Gasteiger charge is 2.46. The molecule has 0 radical (unpaired) electrons. The molecule has 5 nitrogen and oxygen atoms in total. The summed E-state index contributed by atoms with van der Waals surface area (Å²) in [5.74, 6) is -2.87. The molecule has 0 amide bonds. The largest absolute Gasteiger partial charge is 0.613 e. The van der Waals surface area contributed by atoms with Crippen LogP contribution in [0.3, 0.4) is 0 Å². The van der Waals surface area contributed by atoms with Crippen LogP contribution in [-0.4, -0.2) is 50.5 Å². The maximum absolute atomic E-state index is 13.2. The number of nitrogens with zero attached hydrogens (tertiary/aromatic N) is 1. The minimum absolute atomic E-state index is 0.147. The molecule has 1 aromatic rings. The topological polar surface area (TPSA) is 55.8 Å². The molecule has 0 aliphatic carbocycles. The van der Waals surface area contributed by atoms with Gasteiger partial charge in [0.05, 0.1) is 13.1 Å². The quantitative estimate of drug-likeness (QED) is 0.784. The van der Waals surface area contributed by atoms with Crippen molar-refractivity contribution in [2.75, 3.05) is 20.1 Å². The first kappa shape index (κ1) is 14.9. The number of hydrogen-bond donors (Lipinski definition) is 0. The molecule has 2 rings (SSSR count). The maximum Gasteiger partial charge on any atom is 0.613 e. The number of carbonyl (C=O) groups excluding carboxylic acids is 2. The average Bonchev–Trinajstić information content (AvgIpc) is 2.79. The maximum atomic E-state index is 13.2. The SMILES string of the molecule is CN1CC(=O)OB(C(c2cccs2)C(F)F)OC(=O)C1. The van der Waals surface area contributed by atoms with Gasteiger partial charge in [-0.15, -0.1) is 11.3 Å². The van der Waals surface area contributed by atoms with Gasteiger partial charge >= 0.3 is 19.1 Å². The van der Waals surface area contributed by atoms with Crippen LogP contribution in [0.15, 0.2) is 17.5 Å². The van der Waals surface area contributed by atoms with Crippen LogP contribution in [0.4, 0.5) is 8.78 Å². The molecule has 0 saturated carbocycles. The summed E-state index contributed by atoms with van der Waals surface area (Å²) in [5.41, 5.74) is 0. The fourth-order valence-electron chi connectivity index (χ4n) is 1.86. The molecule has 1 atom stereocenters. The van der Waals surface area contributed by atoms with Crippen molar-refractivity contribution < 1.29 is 27.7 Å². The van der Waals surface area contributed by atoms with Crippen molar-refractivity contribution >= 4 is 30.4 Å². The fraction of sp³-hybridized carbons (Fsp3) is 0.455. The fourth-order valence-corrected chi connectivity index (χ4v) is 2.70. The molecule has 2 heterocycles. The molecule has 9 heteroatoms. The van der Waals surface area contributed by atoms with Gasteiger partial charge in [-0.1, -0.05) is 6.07 Å². The second-order valence-corrected chi connectivity index (χ2v) is 5.38. The zero-order valence-electron chi connectivity index (χ0n) is 10.6. The molecular weight excluding hydrogens is 291 g/mol. The van der Waals surface area contributed by atoms with Crippen LogP contribution in [-0.2, 0) is 18.9 Å². The molecule has 1 aromatic heterocycles. The third-order valence-corrected chi connectivity index (χ3v) is 3.70. The Morgan fingerprint density at radius 1 is 1.30 bits per heavy atom. The molecule has 1 saturated heterocycles. The lowest BCUT2D eigenvalue weighted by Gasteiger charge is -2.26. The number of alkyl halides is 2. The summed E-state index contributed by atoms with van der Waals surface area (Å²) in [7, 11) is -0.0606. The molecule has 0 bridgehead atoms. The van der Waals surface area contributed by atoms with Crippen LogP contribution in [0.2, 0.25) is 0 Å². The molecule has 0 aromatic carbocycles. The van der Waals surface area contributed by atoms with E-state index in [1.54, 1.807) is 11.4 Å². The van der Waals surface area contributed by atoms with Crippen molar-refractivity contribution in [2.45, 2.75) is 12.2 Å². The predicted octanol–water partition coefficient (Wildman–Crippen LogP) is 1.16. The Labute approximate surface area is 118 Å². The van der Waals surface area contributed by atoms with Gasteiger partial charge in [0.25, 0.3) is 0 Å². The predicted molar refractivity (Wildman–Crippen MR) is 68.5 cm³/mol. The first-order valence-corrected chi connectivity index (χ1v) is 6.74. The number of hydrogen-bond acceptors (Lipinski definition) is 6. The summed E-state index contributed by atoms with van der Waals surface area (Å²) in [6.45, 7) is -0.294. The highest BCUT2D eigenvalue weighted by molar-refractivity contribution is 7.10. The van der Waals surface area contributed by atoms with Crippen molar-refractivity contribution in [3.05, 3.63) is 22.4 Å². The third-order valence-electron chi connectivity index (χ3n) is 2.73. The summed E-state index contributed by atoms with van der Waals surface area (Å²) < 4.78 is 36.2. The van der Waals surface area contributed by atoms with Crippen LogP contribution >= 0.6 is 11.3 Å². The van der Waals surface area contributed by atoms with Gasteiger partial charge in [-0.25, -0.2) is 8.78 Å². The van der Waals surface area contributed by atoms with Crippen LogP contribution in [0, 0.1) is 0 Å². The zero-order chi connectivity index (χ0) is 14.7. The lowest BCUT2D eigenvalue weighted by molar-refractivity contribution is -0.146. The molecule has 1 unspecified atom stereocenters. The van der Waals surface area contributed by atoms with Crippen molar-refractivity contribution in [1.29, 1.82) is 0 Å². The van der Waals surface area contributed by atoms with Gasteiger partial charge < -0.3 is 9.31 Å². The molecular formula is C11H12BF2NO4S. The highest BCUT2D eigenvalue weighted by atomic mass is 32.1. The van der Waals surface area contributed by atoms with E-state index in [2.05, 4.69) is 0 Å². The Balaban J connectivity index is 2.22. The lowest BCUT2D eigenvalue weighted by Crippen LogP contribution is -2.46. The Morgan fingerprint density at radius 2 is 1.90 bits per heavy atom. The molecule has 1 fully saturated rings. The van der Waals surface area contributed by atoms with Gasteiger partial charge in [0.2, 0.25) is 6.43 Å². The molecule has 20 heavy (non-hydrogen) atoms. The van der Waals surface area contributed by atoms with E-state index in [4.69, 9.17) is 9.31 Å². The van der Waals surface area contributed by atoms with E-state index >= 15 is 0 Å². The summed E-state index contributed by atoms with van der Waals surface area (Å²) >= 11 is 1.10. The minimum atomic E-state index is -2.81. The summed E-state index contributed by atoms with van der Waals surface area (Å²) in [4.78, 5) is 24.8. The Kier molecular flexibility index (Phi) is 4.71. The molecule has 1 aliphatic heterocycles. The van der Waals surface area contributed by atoms with Gasteiger partial charge in [-0.2, -0.15) is 0 Å². The van der Waals surface area contributed by atoms with Crippen LogP contribution in [0.25, 0.3) is 0 Å². The molecule has 108 valence electrons. The average molecular weight is 303 g/mol. The van der Waals surface area contributed by atoms with Crippen molar-refractivity contribution in [3.8, 4) is 0 Å². The third kappa shape index (κ3) is 3.54. The molecule has 0 spiro atoms. The molecule has 0 N–H and O–H groups in total. The number of carbonyl (C=O) groups is 2. The van der Waals surface area contributed by atoms with E-state index in [0.29, 0.717) is 4.88 Å². The number of halogens is 2. The first-order valence-electron chi connectivity index (χ1n) is 5.86. The minimum Gasteiger partial charge on any atom is -0.498 e. The van der Waals surface area contributed by atoms with E-state index in [0.717, 1.165) is 11.3 Å². The number of likely N-dealkylation sites (N-methyl/N-ethyl adjacent to an activating group) is 1. The monoisotopic (exact) mass is 303 g/mol. The van der Waals surface area contributed by atoms with Crippen LogP contribution in [0.5, 0.6) is 0 Å². The van der Waals surface area contributed by atoms with Gasteiger partial charge in [0.1, 0.15) is 5.82 Å². The second-order valence-electron chi connectivity index (χ2n) is 4.40. The van der Waals surface area contributed by atoms with E-state index in [1.165, 1.54) is 18.0 Å². The van der Waals surface area contributed by atoms with Crippen LogP contribution in [0.1, 0.15) is 10.7 Å². The van der Waals surface area contributed by atoms with Gasteiger partial charge in [0.15, 0.2) is 0 Å². The second kappa shape index (κ2) is 6.32. The van der Waals surface area contributed by atoms with Gasteiger partial charge in [-0.05, 0) is 18.5 Å². The Morgan fingerprint density at radius 3 is 2.35 bits per heavy atom. The standard InChI is InChI=1S/C11H12BF2NO4S/c1-15-5-8(16)18-12(19-9(17)6-15)10(11(13)14)7-3-2-4-20-7/h2-4,10-11H,5-6H2,1H3. The van der Waals surface area contributed by atoms with E-state index < -0.39 is 31.3 Å². The van der Waals surface area contributed by atoms with Gasteiger partial charge in [-0.3, -0.25) is 14.5 Å². The number of thiophene rings is 1. The smallest absolute Gasteiger partial charge is 0.498 e. The number of rotatable bonds is 3. The van der Waals surface area contributed by atoms with Gasteiger partial charge in [0, 0.05) is 4.88 Å². The van der Waals surface area contributed by atoms with Crippen molar-refractivity contribution in [1.82, 2.24) is 4.90 Å². The van der Waals surface area contributed by atoms with E-state index in [-0.39, 0.29) is 13.1 Å². The summed E-state index contributed by atoms with van der Waals surface area (Å²) in [5, 5.41) is 1.63. The summed E-state index contributed by atoms with van der Waals surface area (Å²) in [6.07, 6.45) is -2.81. The Hall–Kier alpha value is -1.48. The Bertz CT molecular complexity index is 465. The normalized spacial score (nSPS) is 19.3. The molecule has 1 aliphatic rings. The van der Waals surface area contributed by atoms with Crippen molar-refractivity contribution in [2.24, 2.45) is 0 Å². The lowest BCUT2D eigenvalue weighted by atomic mass is 9.70.